The van der Waals surface area contributed by atoms with Gasteiger partial charge in [-0.25, -0.2) is 0 Å². The van der Waals surface area contributed by atoms with Crippen molar-refractivity contribution in [2.24, 2.45) is 5.92 Å². The highest BCUT2D eigenvalue weighted by Gasteiger charge is 2.18. The molecule has 0 aliphatic rings. The summed E-state index contributed by atoms with van der Waals surface area (Å²) < 4.78 is 7.31. The van der Waals surface area contributed by atoms with Gasteiger partial charge >= 0.3 is 0 Å². The molecule has 0 unspecified atom stereocenters. The minimum absolute atomic E-state index is 0.0212. The lowest BCUT2D eigenvalue weighted by atomic mass is 10.1. The zero-order chi connectivity index (χ0) is 17.1. The summed E-state index contributed by atoms with van der Waals surface area (Å²) in [5, 5.41) is 13.4. The number of carbonyl (C=O) groups is 1. The Labute approximate surface area is 144 Å². The zero-order valence-corrected chi connectivity index (χ0v) is 14.8. The summed E-state index contributed by atoms with van der Waals surface area (Å²) in [7, 11) is 0. The molecule has 6 nitrogen and oxygen atoms in total. The molecule has 0 radical (unpaired) electrons. The van der Waals surface area contributed by atoms with Gasteiger partial charge in [0.05, 0.1) is 34.6 Å². The van der Waals surface area contributed by atoms with Crippen LogP contribution < -0.4 is 5.32 Å². The fraction of sp³-hybridized carbons (Fsp3) is 0.353. The van der Waals surface area contributed by atoms with E-state index in [0.717, 1.165) is 21.8 Å². The van der Waals surface area contributed by atoms with Gasteiger partial charge in [-0.1, -0.05) is 25.1 Å². The third kappa shape index (κ3) is 3.41. The summed E-state index contributed by atoms with van der Waals surface area (Å²) in [6.07, 6.45) is 1.79. The van der Waals surface area contributed by atoms with Crippen LogP contribution in [0, 0.1) is 12.8 Å². The van der Waals surface area contributed by atoms with Crippen LogP contribution in [0.15, 0.2) is 34.3 Å². The maximum atomic E-state index is 11.7. The van der Waals surface area contributed by atoms with Gasteiger partial charge in [0.15, 0.2) is 5.76 Å². The van der Waals surface area contributed by atoms with E-state index < -0.39 is 0 Å². The highest BCUT2D eigenvalue weighted by atomic mass is 32.1. The molecule has 0 aliphatic heterocycles. The van der Waals surface area contributed by atoms with Crippen LogP contribution in [0.5, 0.6) is 0 Å². The molecule has 1 amide bonds. The molecule has 0 saturated carbocycles. The van der Waals surface area contributed by atoms with Crippen LogP contribution in [0.1, 0.15) is 19.5 Å². The Balaban J connectivity index is 1.87. The second-order valence-electron chi connectivity index (χ2n) is 5.89. The molecule has 0 aromatic carbocycles. The molecule has 3 heterocycles. The minimum atomic E-state index is -0.0212. The molecular formula is C17H20N4O2S. The molecule has 126 valence electrons. The summed E-state index contributed by atoms with van der Waals surface area (Å²) in [5.41, 5.74) is 2.73. The van der Waals surface area contributed by atoms with E-state index in [2.05, 4.69) is 21.6 Å². The van der Waals surface area contributed by atoms with Gasteiger partial charge in [-0.3, -0.25) is 9.48 Å². The number of rotatable bonds is 6. The van der Waals surface area contributed by atoms with Crippen molar-refractivity contribution >= 4 is 17.2 Å². The van der Waals surface area contributed by atoms with Crippen LogP contribution in [-0.2, 0) is 11.3 Å². The smallest absolute Gasteiger partial charge is 0.222 e. The van der Waals surface area contributed by atoms with E-state index in [0.29, 0.717) is 18.8 Å². The standard InChI is InChI=1S/C17H20N4O2S/c1-11(2)17(22)18-6-7-21-16(15-5-4-8-24-15)13(10-19-21)14-9-12(3)20-23-14/h4-5,8-11H,6-7H2,1-3H3,(H,18,22). The largest absolute Gasteiger partial charge is 0.356 e. The van der Waals surface area contributed by atoms with Crippen molar-refractivity contribution in [2.45, 2.75) is 27.3 Å². The molecule has 1 N–H and O–H groups in total. The SMILES string of the molecule is Cc1cc(-c2cnn(CCNC(=O)C(C)C)c2-c2cccs2)on1. The average Bonchev–Trinajstić information content (AvgIpc) is 3.26. The monoisotopic (exact) mass is 344 g/mol. The van der Waals surface area contributed by atoms with Crippen molar-refractivity contribution < 1.29 is 9.32 Å². The molecule has 3 aromatic rings. The number of hydrogen-bond donors (Lipinski definition) is 1. The molecule has 0 spiro atoms. The van der Waals surface area contributed by atoms with Gasteiger partial charge in [-0.15, -0.1) is 11.3 Å². The summed E-state index contributed by atoms with van der Waals surface area (Å²) in [5.74, 6) is 0.728. The first-order valence-corrected chi connectivity index (χ1v) is 8.75. The van der Waals surface area contributed by atoms with Gasteiger partial charge in [0.25, 0.3) is 0 Å². The van der Waals surface area contributed by atoms with E-state index in [4.69, 9.17) is 4.52 Å². The molecule has 7 heteroatoms. The third-order valence-corrected chi connectivity index (χ3v) is 4.51. The number of nitrogens with one attached hydrogen (secondary N) is 1. The van der Waals surface area contributed by atoms with E-state index in [1.54, 1.807) is 17.5 Å². The van der Waals surface area contributed by atoms with Crippen molar-refractivity contribution in [2.75, 3.05) is 6.54 Å². The number of carbonyl (C=O) groups excluding carboxylic acids is 1. The van der Waals surface area contributed by atoms with Gasteiger partial charge < -0.3 is 9.84 Å². The number of aryl methyl sites for hydroxylation is 1. The highest BCUT2D eigenvalue weighted by Crippen LogP contribution is 2.34. The lowest BCUT2D eigenvalue weighted by Gasteiger charge is -2.10. The summed E-state index contributed by atoms with van der Waals surface area (Å²) in [6, 6.07) is 5.96. The fourth-order valence-corrected chi connectivity index (χ4v) is 3.18. The van der Waals surface area contributed by atoms with Crippen molar-refractivity contribution in [3.63, 3.8) is 0 Å². The van der Waals surface area contributed by atoms with Gasteiger partial charge in [0.1, 0.15) is 0 Å². The van der Waals surface area contributed by atoms with E-state index in [-0.39, 0.29) is 11.8 Å². The fourth-order valence-electron chi connectivity index (χ4n) is 2.39. The number of nitrogens with zero attached hydrogens (tertiary/aromatic N) is 3. The summed E-state index contributed by atoms with van der Waals surface area (Å²) >= 11 is 1.64. The van der Waals surface area contributed by atoms with Crippen LogP contribution in [0.4, 0.5) is 0 Å². The van der Waals surface area contributed by atoms with Crippen LogP contribution >= 0.6 is 11.3 Å². The zero-order valence-electron chi connectivity index (χ0n) is 13.9. The quantitative estimate of drug-likeness (QED) is 0.744. The maximum absolute atomic E-state index is 11.7. The second kappa shape index (κ2) is 7.00. The first kappa shape index (κ1) is 16.4. The molecule has 0 bridgehead atoms. The number of thiophene rings is 1. The second-order valence-corrected chi connectivity index (χ2v) is 6.83. The lowest BCUT2D eigenvalue weighted by Crippen LogP contribution is -2.31. The summed E-state index contributed by atoms with van der Waals surface area (Å²) in [4.78, 5) is 12.8. The van der Waals surface area contributed by atoms with Crippen molar-refractivity contribution in [3.8, 4) is 21.9 Å². The molecular weight excluding hydrogens is 324 g/mol. The normalized spacial score (nSPS) is 11.2. The van der Waals surface area contributed by atoms with E-state index in [9.17, 15) is 4.79 Å². The first-order valence-electron chi connectivity index (χ1n) is 7.87. The molecule has 24 heavy (non-hydrogen) atoms. The van der Waals surface area contributed by atoms with Gasteiger partial charge in [-0.05, 0) is 18.4 Å². The number of aromatic nitrogens is 3. The molecule has 0 atom stereocenters. The first-order chi connectivity index (χ1) is 11.6. The Morgan fingerprint density at radius 1 is 1.46 bits per heavy atom. The minimum Gasteiger partial charge on any atom is -0.356 e. The van der Waals surface area contributed by atoms with Crippen molar-refractivity contribution in [1.29, 1.82) is 0 Å². The Morgan fingerprint density at radius 2 is 2.29 bits per heavy atom. The highest BCUT2D eigenvalue weighted by molar-refractivity contribution is 7.13. The third-order valence-electron chi connectivity index (χ3n) is 3.63. The van der Waals surface area contributed by atoms with Gasteiger partial charge in [0, 0.05) is 18.5 Å². The Kier molecular flexibility index (Phi) is 4.80. The molecule has 0 saturated heterocycles. The van der Waals surface area contributed by atoms with E-state index >= 15 is 0 Å². The van der Waals surface area contributed by atoms with Crippen LogP contribution in [0.25, 0.3) is 21.9 Å². The van der Waals surface area contributed by atoms with Crippen molar-refractivity contribution in [1.82, 2.24) is 20.3 Å². The van der Waals surface area contributed by atoms with Gasteiger partial charge in [0.2, 0.25) is 5.91 Å². The molecule has 0 fully saturated rings. The number of amides is 1. The maximum Gasteiger partial charge on any atom is 0.222 e. The van der Waals surface area contributed by atoms with Crippen molar-refractivity contribution in [3.05, 3.63) is 35.5 Å². The Morgan fingerprint density at radius 3 is 2.92 bits per heavy atom. The Bertz CT molecular complexity index is 818. The Hall–Kier alpha value is -2.41. The van der Waals surface area contributed by atoms with E-state index in [1.165, 1.54) is 0 Å². The number of hydrogen-bond acceptors (Lipinski definition) is 5. The van der Waals surface area contributed by atoms with Crippen LogP contribution in [0.2, 0.25) is 0 Å². The van der Waals surface area contributed by atoms with E-state index in [1.807, 2.05) is 43.0 Å². The van der Waals surface area contributed by atoms with Crippen LogP contribution in [0.3, 0.4) is 0 Å². The lowest BCUT2D eigenvalue weighted by molar-refractivity contribution is -0.124. The molecule has 3 rings (SSSR count). The summed E-state index contributed by atoms with van der Waals surface area (Å²) in [6.45, 7) is 6.78. The average molecular weight is 344 g/mol. The predicted octanol–water partition coefficient (Wildman–Crippen LogP) is 3.35. The van der Waals surface area contributed by atoms with Crippen LogP contribution in [-0.4, -0.2) is 27.4 Å². The molecule has 0 aliphatic carbocycles. The topological polar surface area (TPSA) is 73.0 Å². The van der Waals surface area contributed by atoms with Gasteiger partial charge in [-0.2, -0.15) is 5.10 Å². The predicted molar refractivity (Wildman–Crippen MR) is 93.6 cm³/mol. The molecule has 3 aromatic heterocycles.